The van der Waals surface area contributed by atoms with Crippen molar-refractivity contribution >= 4 is 0 Å². The molecule has 3 rings (SSSR count). The van der Waals surface area contributed by atoms with Crippen molar-refractivity contribution in [2.45, 2.75) is 75.4 Å². The summed E-state index contributed by atoms with van der Waals surface area (Å²) in [6.07, 6.45) is 1.06. The van der Waals surface area contributed by atoms with Crippen molar-refractivity contribution in [3.05, 3.63) is 29.8 Å². The lowest BCUT2D eigenvalue weighted by Gasteiger charge is -2.51. The summed E-state index contributed by atoms with van der Waals surface area (Å²) in [6.45, 7) is 3.77. The molecule has 0 bridgehead atoms. The maximum Gasteiger partial charge on any atom is 0.573 e. The average molecular weight is 400 g/mol. The number of halogens is 3. The molecule has 4 nitrogen and oxygen atoms in total. The molecule has 1 aliphatic heterocycles. The zero-order chi connectivity index (χ0) is 20.4. The Morgan fingerprint density at radius 3 is 2.75 bits per heavy atom. The van der Waals surface area contributed by atoms with Gasteiger partial charge in [-0.15, -0.1) is 13.2 Å². The highest BCUT2D eigenvalue weighted by Gasteiger charge is 2.47. The van der Waals surface area contributed by atoms with E-state index in [2.05, 4.69) is 15.0 Å². The number of nitrogens with one attached hydrogen (secondary N) is 1. The maximum absolute atomic E-state index is 12.6. The second-order valence-electron chi connectivity index (χ2n) is 8.22. The van der Waals surface area contributed by atoms with Crippen molar-refractivity contribution in [1.82, 2.24) is 10.2 Å². The third-order valence-electron chi connectivity index (χ3n) is 6.53. The Balaban J connectivity index is 1.83. The van der Waals surface area contributed by atoms with Gasteiger partial charge in [-0.25, -0.2) is 0 Å². The van der Waals surface area contributed by atoms with Crippen molar-refractivity contribution in [2.24, 2.45) is 0 Å². The number of likely N-dealkylation sites (tertiary alicyclic amines) is 1. The van der Waals surface area contributed by atoms with Crippen LogP contribution in [0.25, 0.3) is 0 Å². The smallest absolute Gasteiger partial charge is 0.406 e. The number of rotatable bonds is 5. The molecule has 1 aliphatic carbocycles. The Bertz CT molecular complexity index is 655. The Kier molecular flexibility index (Phi) is 6.57. The van der Waals surface area contributed by atoms with Gasteiger partial charge in [0.1, 0.15) is 5.75 Å². The quantitative estimate of drug-likeness (QED) is 0.783. The van der Waals surface area contributed by atoms with Gasteiger partial charge in [-0.2, -0.15) is 0 Å². The van der Waals surface area contributed by atoms with Crippen LogP contribution in [0.15, 0.2) is 24.3 Å². The Morgan fingerprint density at radius 2 is 2.04 bits per heavy atom. The van der Waals surface area contributed by atoms with E-state index in [1.807, 2.05) is 14.0 Å². The predicted octanol–water partition coefficient (Wildman–Crippen LogP) is 4.05. The van der Waals surface area contributed by atoms with Crippen molar-refractivity contribution in [3.63, 3.8) is 0 Å². The van der Waals surface area contributed by atoms with Crippen LogP contribution in [0.1, 0.15) is 56.9 Å². The van der Waals surface area contributed by atoms with Crippen LogP contribution >= 0.6 is 0 Å². The summed E-state index contributed by atoms with van der Waals surface area (Å²) in [7, 11) is 1.97. The number of aliphatic hydroxyl groups is 1. The maximum atomic E-state index is 12.6. The van der Waals surface area contributed by atoms with Crippen molar-refractivity contribution in [3.8, 4) is 5.75 Å². The first-order valence-corrected chi connectivity index (χ1v) is 10.2. The third-order valence-corrected chi connectivity index (χ3v) is 6.53. The molecule has 2 aliphatic rings. The minimum atomic E-state index is -4.72. The zero-order valence-electron chi connectivity index (χ0n) is 16.6. The van der Waals surface area contributed by atoms with Crippen LogP contribution in [0.2, 0.25) is 0 Å². The number of nitrogens with zero attached hydrogens (tertiary/aromatic N) is 1. The normalized spacial score (nSPS) is 30.8. The van der Waals surface area contributed by atoms with E-state index in [9.17, 15) is 18.3 Å². The number of alkyl halides is 3. The molecule has 2 fully saturated rings. The molecule has 2 N–H and O–H groups in total. The molecule has 1 aromatic carbocycles. The number of likely N-dealkylation sites (N-methyl/N-ethyl adjacent to an activating group) is 1. The first-order valence-electron chi connectivity index (χ1n) is 10.2. The van der Waals surface area contributed by atoms with E-state index in [1.165, 1.54) is 12.1 Å². The van der Waals surface area contributed by atoms with E-state index < -0.39 is 12.0 Å². The van der Waals surface area contributed by atoms with E-state index in [0.29, 0.717) is 18.0 Å². The van der Waals surface area contributed by atoms with Gasteiger partial charge in [0.15, 0.2) is 0 Å². The van der Waals surface area contributed by atoms with Crippen molar-refractivity contribution < 1.29 is 23.0 Å². The molecule has 0 aromatic heterocycles. The third kappa shape index (κ3) is 4.81. The van der Waals surface area contributed by atoms with E-state index in [0.717, 1.165) is 45.2 Å². The molecule has 1 aromatic rings. The Labute approximate surface area is 165 Å². The molecule has 3 unspecified atom stereocenters. The Hall–Kier alpha value is -1.31. The lowest BCUT2D eigenvalue weighted by Crippen LogP contribution is -2.60. The molecule has 7 heteroatoms. The minimum absolute atomic E-state index is 0.0135. The van der Waals surface area contributed by atoms with E-state index >= 15 is 0 Å². The summed E-state index contributed by atoms with van der Waals surface area (Å²) in [6, 6.07) is 6.48. The number of hydrogen-bond acceptors (Lipinski definition) is 4. The minimum Gasteiger partial charge on any atom is -0.406 e. The summed E-state index contributed by atoms with van der Waals surface area (Å²) < 4.78 is 41.9. The van der Waals surface area contributed by atoms with Crippen LogP contribution in [0.4, 0.5) is 13.2 Å². The fourth-order valence-corrected chi connectivity index (χ4v) is 4.96. The van der Waals surface area contributed by atoms with Crippen molar-refractivity contribution in [1.29, 1.82) is 0 Å². The van der Waals surface area contributed by atoms with Crippen LogP contribution in [0.5, 0.6) is 5.75 Å². The summed E-state index contributed by atoms with van der Waals surface area (Å²) in [5.41, 5.74) is -0.289. The topological polar surface area (TPSA) is 44.7 Å². The van der Waals surface area contributed by atoms with Gasteiger partial charge in [-0.1, -0.05) is 31.9 Å². The fraction of sp³-hybridized carbons (Fsp3) is 0.714. The van der Waals surface area contributed by atoms with Gasteiger partial charge < -0.3 is 15.2 Å². The standard InChI is InChI=1S/C21H31F3N2O2/c1-15(16-7-5-9-18(13-16)28-21(22,23)24)20(27)11-4-3-10-19(20)26-12-6-8-17(14-26)25-2/h5,7,9,13,15,17,19,25,27H,3-4,6,8,10-12,14H2,1-2H3/t15?,17-,19?,20?/m0/s1. The van der Waals surface area contributed by atoms with Crippen LogP contribution in [0.3, 0.4) is 0 Å². The van der Waals surface area contributed by atoms with E-state index in [1.54, 1.807) is 12.1 Å². The molecule has 1 heterocycles. The molecule has 1 saturated heterocycles. The fourth-order valence-electron chi connectivity index (χ4n) is 4.96. The van der Waals surface area contributed by atoms with E-state index in [-0.39, 0.29) is 17.7 Å². The van der Waals surface area contributed by atoms with E-state index in [4.69, 9.17) is 0 Å². The number of piperidine rings is 1. The van der Waals surface area contributed by atoms with Crippen LogP contribution in [-0.2, 0) is 0 Å². The SMILES string of the molecule is CN[C@H]1CCCN(C2CCCCC2(O)C(C)c2cccc(OC(F)(F)F)c2)C1. The highest BCUT2D eigenvalue weighted by atomic mass is 19.4. The van der Waals surface area contributed by atoms with Gasteiger partial charge in [0, 0.05) is 24.5 Å². The first-order chi connectivity index (χ1) is 13.2. The molecular weight excluding hydrogens is 369 g/mol. The van der Waals surface area contributed by atoms with Gasteiger partial charge in [0.2, 0.25) is 0 Å². The first kappa shape index (κ1) is 21.4. The lowest BCUT2D eigenvalue weighted by atomic mass is 9.69. The van der Waals surface area contributed by atoms with Gasteiger partial charge in [0.25, 0.3) is 0 Å². The number of ether oxygens (including phenoxy) is 1. The van der Waals surface area contributed by atoms with Gasteiger partial charge in [-0.05, 0) is 57.0 Å². The molecule has 0 amide bonds. The summed E-state index contributed by atoms with van der Waals surface area (Å²) in [5, 5.41) is 15.1. The van der Waals surface area contributed by atoms with Gasteiger partial charge >= 0.3 is 6.36 Å². The number of hydrogen-bond donors (Lipinski definition) is 2. The lowest BCUT2D eigenvalue weighted by molar-refractivity contribution is -0.274. The highest BCUT2D eigenvalue weighted by Crippen LogP contribution is 2.43. The highest BCUT2D eigenvalue weighted by molar-refractivity contribution is 5.33. The monoisotopic (exact) mass is 400 g/mol. The summed E-state index contributed by atoms with van der Waals surface area (Å²) >= 11 is 0. The second-order valence-corrected chi connectivity index (χ2v) is 8.22. The molecule has 1 saturated carbocycles. The van der Waals surface area contributed by atoms with Crippen molar-refractivity contribution in [2.75, 3.05) is 20.1 Å². The zero-order valence-corrected chi connectivity index (χ0v) is 16.6. The van der Waals surface area contributed by atoms with Crippen LogP contribution < -0.4 is 10.1 Å². The Morgan fingerprint density at radius 1 is 1.25 bits per heavy atom. The predicted molar refractivity (Wildman–Crippen MR) is 102 cm³/mol. The average Bonchev–Trinajstić information content (AvgIpc) is 2.66. The second kappa shape index (κ2) is 8.59. The molecule has 158 valence electrons. The van der Waals surface area contributed by atoms with Crippen LogP contribution in [0, 0.1) is 0 Å². The molecule has 0 spiro atoms. The molecule has 4 atom stereocenters. The summed E-state index contributed by atoms with van der Waals surface area (Å²) in [4.78, 5) is 2.39. The van der Waals surface area contributed by atoms with Gasteiger partial charge in [0.05, 0.1) is 5.60 Å². The molecule has 28 heavy (non-hydrogen) atoms. The molecule has 0 radical (unpaired) electrons. The largest absolute Gasteiger partial charge is 0.573 e. The molecular formula is C21H31F3N2O2. The van der Waals surface area contributed by atoms with Gasteiger partial charge in [-0.3, -0.25) is 4.90 Å². The number of benzene rings is 1. The van der Waals surface area contributed by atoms with Crippen LogP contribution in [-0.4, -0.2) is 54.2 Å². The summed E-state index contributed by atoms with van der Waals surface area (Å²) in [5.74, 6) is -0.523.